The maximum absolute atomic E-state index is 12.4. The third-order valence-corrected chi connectivity index (χ3v) is 4.57. The maximum atomic E-state index is 12.4. The Morgan fingerprint density at radius 3 is 3.00 bits per heavy atom. The van der Waals surface area contributed by atoms with Crippen molar-refractivity contribution in [1.82, 2.24) is 20.5 Å². The van der Waals surface area contributed by atoms with Crippen molar-refractivity contribution in [3.63, 3.8) is 0 Å². The van der Waals surface area contributed by atoms with Gasteiger partial charge >= 0.3 is 0 Å². The predicted molar refractivity (Wildman–Crippen MR) is 95.6 cm³/mol. The van der Waals surface area contributed by atoms with E-state index in [4.69, 9.17) is 0 Å². The quantitative estimate of drug-likeness (QED) is 0.666. The molecule has 4 rings (SSSR count). The molecular weight excluding hydrogens is 318 g/mol. The molecule has 128 valence electrons. The third kappa shape index (κ3) is 3.26. The number of hydrogen-bond donors (Lipinski definition) is 3. The van der Waals surface area contributed by atoms with Gasteiger partial charge in [0.1, 0.15) is 5.82 Å². The molecule has 1 unspecified atom stereocenters. The van der Waals surface area contributed by atoms with E-state index in [2.05, 4.69) is 25.4 Å². The zero-order valence-electron chi connectivity index (χ0n) is 13.7. The molecule has 1 aliphatic rings. The van der Waals surface area contributed by atoms with Gasteiger partial charge in [-0.05, 0) is 24.1 Å². The van der Waals surface area contributed by atoms with Crippen LogP contribution in [0.3, 0.4) is 0 Å². The zero-order chi connectivity index (χ0) is 17.2. The van der Waals surface area contributed by atoms with E-state index in [1.165, 1.54) is 6.07 Å². The van der Waals surface area contributed by atoms with Gasteiger partial charge in [0.05, 0.1) is 6.42 Å². The lowest BCUT2D eigenvalue weighted by Crippen LogP contribution is -2.38. The summed E-state index contributed by atoms with van der Waals surface area (Å²) < 4.78 is 0. The van der Waals surface area contributed by atoms with E-state index in [1.807, 2.05) is 30.5 Å². The Balaban J connectivity index is 1.37. The number of nitrogens with one attached hydrogen (secondary N) is 3. The van der Waals surface area contributed by atoms with Crippen LogP contribution < -0.4 is 15.8 Å². The minimum atomic E-state index is -0.216. The Labute approximate surface area is 144 Å². The van der Waals surface area contributed by atoms with Crippen LogP contribution in [0.2, 0.25) is 0 Å². The molecule has 1 aromatic carbocycles. The van der Waals surface area contributed by atoms with E-state index in [1.54, 1.807) is 6.07 Å². The van der Waals surface area contributed by atoms with E-state index < -0.39 is 0 Å². The van der Waals surface area contributed by atoms with Crippen LogP contribution in [0, 0.1) is 0 Å². The minimum absolute atomic E-state index is 0.0195. The summed E-state index contributed by atoms with van der Waals surface area (Å²) in [6.07, 6.45) is 3.12. The van der Waals surface area contributed by atoms with Crippen molar-refractivity contribution < 1.29 is 4.79 Å². The first-order chi connectivity index (χ1) is 12.2. The van der Waals surface area contributed by atoms with Gasteiger partial charge in [0.25, 0.3) is 5.56 Å². The lowest BCUT2D eigenvalue weighted by atomic mass is 10.1. The smallest absolute Gasteiger partial charge is 0.264 e. The lowest BCUT2D eigenvalue weighted by Gasteiger charge is -2.17. The summed E-state index contributed by atoms with van der Waals surface area (Å²) in [5, 5.41) is 10.7. The molecule has 0 saturated carbocycles. The molecule has 1 aliphatic heterocycles. The van der Waals surface area contributed by atoms with Crippen LogP contribution in [0.4, 0.5) is 5.82 Å². The Kier molecular flexibility index (Phi) is 3.97. The fraction of sp³-hybridized carbons (Fsp3) is 0.278. The molecule has 1 atom stereocenters. The van der Waals surface area contributed by atoms with E-state index in [-0.39, 0.29) is 17.5 Å². The van der Waals surface area contributed by atoms with Gasteiger partial charge in [0.15, 0.2) is 0 Å². The number of fused-ring (bicyclic) bond motifs is 1. The van der Waals surface area contributed by atoms with E-state index in [0.29, 0.717) is 13.0 Å². The molecular formula is C18H19N5O2. The van der Waals surface area contributed by atoms with Gasteiger partial charge in [-0.1, -0.05) is 18.2 Å². The molecule has 2 aromatic heterocycles. The number of aromatic nitrogens is 3. The van der Waals surface area contributed by atoms with Crippen molar-refractivity contribution in [3.05, 3.63) is 58.5 Å². The van der Waals surface area contributed by atoms with Gasteiger partial charge in [-0.2, -0.15) is 5.10 Å². The Morgan fingerprint density at radius 2 is 2.16 bits per heavy atom. The number of aromatic amines is 2. The number of anilines is 1. The number of nitrogens with zero attached hydrogens (tertiary/aromatic N) is 2. The summed E-state index contributed by atoms with van der Waals surface area (Å²) >= 11 is 0. The third-order valence-electron chi connectivity index (χ3n) is 4.57. The van der Waals surface area contributed by atoms with Gasteiger partial charge in [-0.25, -0.2) is 5.10 Å². The number of H-pyrrole nitrogens is 2. The monoisotopic (exact) mass is 337 g/mol. The van der Waals surface area contributed by atoms with Crippen molar-refractivity contribution in [1.29, 1.82) is 0 Å². The van der Waals surface area contributed by atoms with Crippen molar-refractivity contribution in [2.75, 3.05) is 18.0 Å². The fourth-order valence-electron chi connectivity index (χ4n) is 3.33. The highest BCUT2D eigenvalue weighted by Gasteiger charge is 2.25. The molecule has 0 radical (unpaired) electrons. The van der Waals surface area contributed by atoms with Crippen LogP contribution >= 0.6 is 0 Å². The van der Waals surface area contributed by atoms with Crippen LogP contribution in [0.5, 0.6) is 0 Å². The second-order valence-electron chi connectivity index (χ2n) is 6.31. The van der Waals surface area contributed by atoms with Crippen LogP contribution in [0.25, 0.3) is 10.9 Å². The number of rotatable bonds is 4. The predicted octanol–water partition coefficient (Wildman–Crippen LogP) is 1.19. The lowest BCUT2D eigenvalue weighted by molar-refractivity contribution is -0.121. The number of hydrogen-bond acceptors (Lipinski definition) is 4. The summed E-state index contributed by atoms with van der Waals surface area (Å²) in [7, 11) is 0. The number of amides is 1. The average Bonchev–Trinajstić information content (AvgIpc) is 3.23. The molecule has 7 nitrogen and oxygen atoms in total. The van der Waals surface area contributed by atoms with Crippen LogP contribution in [-0.2, 0) is 11.2 Å². The highest BCUT2D eigenvalue weighted by molar-refractivity contribution is 5.89. The molecule has 7 heteroatoms. The van der Waals surface area contributed by atoms with Crippen molar-refractivity contribution in [2.45, 2.75) is 18.9 Å². The Hall–Kier alpha value is -3.09. The molecule has 1 fully saturated rings. The first kappa shape index (κ1) is 15.4. The van der Waals surface area contributed by atoms with Crippen LogP contribution in [0.1, 0.15) is 12.0 Å². The standard InChI is InChI=1S/C18H19N5O2/c24-17-6-5-16(21-22-17)23-8-7-13(11-23)20-18(25)9-12-10-19-15-4-2-1-3-14(12)15/h1-6,10,13,19H,7-9,11H2,(H,20,25)(H,22,24). The summed E-state index contributed by atoms with van der Waals surface area (Å²) in [6, 6.07) is 11.2. The molecule has 3 aromatic rings. The molecule has 25 heavy (non-hydrogen) atoms. The van der Waals surface area contributed by atoms with E-state index in [0.717, 1.165) is 35.2 Å². The molecule has 3 heterocycles. The molecule has 3 N–H and O–H groups in total. The van der Waals surface area contributed by atoms with Crippen LogP contribution in [0.15, 0.2) is 47.4 Å². The van der Waals surface area contributed by atoms with E-state index in [9.17, 15) is 9.59 Å². The van der Waals surface area contributed by atoms with Crippen molar-refractivity contribution in [3.8, 4) is 0 Å². The minimum Gasteiger partial charge on any atom is -0.361 e. The number of carbonyl (C=O) groups excluding carboxylic acids is 1. The number of carbonyl (C=O) groups is 1. The van der Waals surface area contributed by atoms with Crippen molar-refractivity contribution >= 4 is 22.6 Å². The highest BCUT2D eigenvalue weighted by Crippen LogP contribution is 2.19. The highest BCUT2D eigenvalue weighted by atomic mass is 16.1. The summed E-state index contributed by atoms with van der Waals surface area (Å²) in [4.78, 5) is 28.7. The SMILES string of the molecule is O=C(Cc1c[nH]c2ccccc12)NC1CCN(c2ccc(=O)[nH]n2)C1. The summed E-state index contributed by atoms with van der Waals surface area (Å²) in [6.45, 7) is 1.50. The zero-order valence-corrected chi connectivity index (χ0v) is 13.7. The topological polar surface area (TPSA) is 93.9 Å². The molecule has 0 spiro atoms. The van der Waals surface area contributed by atoms with Gasteiger partial charge in [-0.3, -0.25) is 9.59 Å². The summed E-state index contributed by atoms with van der Waals surface area (Å²) in [5.41, 5.74) is 1.83. The number of benzene rings is 1. The van der Waals surface area contributed by atoms with Crippen LogP contribution in [-0.4, -0.2) is 40.2 Å². The number of para-hydroxylation sites is 1. The summed E-state index contributed by atoms with van der Waals surface area (Å²) in [5.74, 6) is 0.749. The molecule has 0 aliphatic carbocycles. The average molecular weight is 337 g/mol. The first-order valence-corrected chi connectivity index (χ1v) is 8.34. The molecule has 1 amide bonds. The van der Waals surface area contributed by atoms with Gasteiger partial charge in [-0.15, -0.1) is 0 Å². The second kappa shape index (κ2) is 6.43. The molecule has 1 saturated heterocycles. The van der Waals surface area contributed by atoms with Gasteiger partial charge in [0, 0.05) is 42.3 Å². The van der Waals surface area contributed by atoms with Gasteiger partial charge in [0.2, 0.25) is 5.91 Å². The van der Waals surface area contributed by atoms with E-state index >= 15 is 0 Å². The Bertz CT molecular complexity index is 941. The van der Waals surface area contributed by atoms with Gasteiger partial charge < -0.3 is 15.2 Å². The Morgan fingerprint density at radius 1 is 1.28 bits per heavy atom. The van der Waals surface area contributed by atoms with Crippen molar-refractivity contribution in [2.24, 2.45) is 0 Å². The normalized spacial score (nSPS) is 17.1. The first-order valence-electron chi connectivity index (χ1n) is 8.34. The fourth-order valence-corrected chi connectivity index (χ4v) is 3.33. The molecule has 0 bridgehead atoms. The second-order valence-corrected chi connectivity index (χ2v) is 6.31. The maximum Gasteiger partial charge on any atom is 0.264 e. The largest absolute Gasteiger partial charge is 0.361 e.